The van der Waals surface area contributed by atoms with Gasteiger partial charge >= 0.3 is 0 Å². The first-order valence-electron chi connectivity index (χ1n) is 8.68. The van der Waals surface area contributed by atoms with Crippen molar-refractivity contribution in [3.05, 3.63) is 72.1 Å². The van der Waals surface area contributed by atoms with Gasteiger partial charge in [-0.1, -0.05) is 18.2 Å². The molecule has 154 valence electrons. The van der Waals surface area contributed by atoms with E-state index in [-0.39, 0.29) is 36.3 Å². The molecule has 0 aliphatic heterocycles. The van der Waals surface area contributed by atoms with Crippen LogP contribution >= 0.6 is 24.0 Å². The quantitative estimate of drug-likeness (QED) is 0.216. The number of aliphatic imine (C=N–C) groups is 1. The van der Waals surface area contributed by atoms with E-state index in [1.54, 1.807) is 13.3 Å². The van der Waals surface area contributed by atoms with Crippen molar-refractivity contribution >= 4 is 29.9 Å². The monoisotopic (exact) mass is 514 g/mol. The number of oxazole rings is 1. The number of nitrogens with one attached hydrogen (secondary N) is 2. The van der Waals surface area contributed by atoms with Gasteiger partial charge in [-0.2, -0.15) is 0 Å². The standard InChI is InChI=1S/C20H20F2N4O2.HI/c1-23-20(24-9-10-27-18-8-7-15(21)11-17(18)22)25-12-16-13-28-19(26-16)14-5-3-2-4-6-14;/h2-8,11,13H,9-10,12H2,1H3,(H2,23,24,25);1H. The molecule has 0 amide bonds. The van der Waals surface area contributed by atoms with Gasteiger partial charge in [0.2, 0.25) is 5.89 Å². The topological polar surface area (TPSA) is 71.7 Å². The lowest BCUT2D eigenvalue weighted by atomic mass is 10.2. The Bertz CT molecular complexity index is 935. The fourth-order valence-electron chi connectivity index (χ4n) is 2.42. The van der Waals surface area contributed by atoms with Crippen LogP contribution in [0.2, 0.25) is 0 Å². The average molecular weight is 514 g/mol. The van der Waals surface area contributed by atoms with Crippen LogP contribution in [0, 0.1) is 11.6 Å². The Morgan fingerprint density at radius 3 is 2.66 bits per heavy atom. The van der Waals surface area contributed by atoms with Crippen molar-refractivity contribution in [2.75, 3.05) is 20.2 Å². The SMILES string of the molecule is CN=C(NCCOc1ccc(F)cc1F)NCc1coc(-c2ccccc2)n1.I. The average Bonchev–Trinajstić information content (AvgIpc) is 3.18. The maximum Gasteiger partial charge on any atom is 0.226 e. The first-order valence-corrected chi connectivity index (χ1v) is 8.68. The van der Waals surface area contributed by atoms with Gasteiger partial charge in [-0.15, -0.1) is 24.0 Å². The molecule has 9 heteroatoms. The van der Waals surface area contributed by atoms with Gasteiger partial charge in [0.1, 0.15) is 18.7 Å². The largest absolute Gasteiger partial charge is 0.489 e. The molecule has 0 aliphatic rings. The number of aromatic nitrogens is 1. The van der Waals surface area contributed by atoms with E-state index < -0.39 is 11.6 Å². The first kappa shape index (κ1) is 22.6. The minimum atomic E-state index is -0.734. The molecule has 2 N–H and O–H groups in total. The highest BCUT2D eigenvalue weighted by Crippen LogP contribution is 2.18. The summed E-state index contributed by atoms with van der Waals surface area (Å²) in [5.74, 6) is -0.289. The second kappa shape index (κ2) is 11.3. The predicted octanol–water partition coefficient (Wildman–Crippen LogP) is 3.98. The Morgan fingerprint density at radius 2 is 1.93 bits per heavy atom. The van der Waals surface area contributed by atoms with Gasteiger partial charge in [0, 0.05) is 18.7 Å². The molecule has 3 aromatic rings. The first-order chi connectivity index (χ1) is 13.7. The molecule has 0 fully saturated rings. The molecule has 1 heterocycles. The van der Waals surface area contributed by atoms with E-state index in [9.17, 15) is 8.78 Å². The molecule has 3 rings (SSSR count). The Labute approximate surface area is 184 Å². The minimum absolute atomic E-state index is 0. The number of hydrogen-bond acceptors (Lipinski definition) is 4. The molecule has 0 saturated carbocycles. The van der Waals surface area contributed by atoms with Crippen molar-refractivity contribution in [3.8, 4) is 17.2 Å². The van der Waals surface area contributed by atoms with Gasteiger partial charge < -0.3 is 19.8 Å². The highest BCUT2D eigenvalue weighted by Gasteiger charge is 2.07. The van der Waals surface area contributed by atoms with Crippen molar-refractivity contribution in [3.63, 3.8) is 0 Å². The third kappa shape index (κ3) is 6.70. The molecule has 0 aliphatic carbocycles. The Hall–Kier alpha value is -2.69. The van der Waals surface area contributed by atoms with Crippen molar-refractivity contribution in [1.82, 2.24) is 15.6 Å². The van der Waals surface area contributed by atoms with Gasteiger partial charge in [-0.05, 0) is 24.3 Å². The van der Waals surface area contributed by atoms with E-state index in [0.717, 1.165) is 23.4 Å². The Kier molecular flexibility index (Phi) is 8.84. The molecule has 29 heavy (non-hydrogen) atoms. The van der Waals surface area contributed by atoms with Crippen molar-refractivity contribution in [2.24, 2.45) is 4.99 Å². The summed E-state index contributed by atoms with van der Waals surface area (Å²) >= 11 is 0. The van der Waals surface area contributed by atoms with E-state index in [0.29, 0.717) is 24.9 Å². The number of nitrogens with zero attached hydrogens (tertiary/aromatic N) is 2. The zero-order valence-electron chi connectivity index (χ0n) is 15.7. The molecule has 0 unspecified atom stereocenters. The minimum Gasteiger partial charge on any atom is -0.489 e. The number of ether oxygens (including phenoxy) is 1. The Morgan fingerprint density at radius 1 is 1.14 bits per heavy atom. The summed E-state index contributed by atoms with van der Waals surface area (Å²) in [5, 5.41) is 6.14. The van der Waals surface area contributed by atoms with E-state index in [2.05, 4.69) is 20.6 Å². The lowest BCUT2D eigenvalue weighted by molar-refractivity contribution is 0.304. The molecule has 0 saturated heterocycles. The highest BCUT2D eigenvalue weighted by atomic mass is 127. The summed E-state index contributed by atoms with van der Waals surface area (Å²) in [5.41, 5.74) is 1.63. The number of guanidine groups is 1. The third-order valence-electron chi connectivity index (χ3n) is 3.78. The van der Waals surface area contributed by atoms with Crippen LogP contribution in [0.3, 0.4) is 0 Å². The van der Waals surface area contributed by atoms with Gasteiger partial charge in [0.05, 0.1) is 18.8 Å². The van der Waals surface area contributed by atoms with Crippen LogP contribution in [0.5, 0.6) is 5.75 Å². The highest BCUT2D eigenvalue weighted by molar-refractivity contribution is 14.0. The number of rotatable bonds is 7. The van der Waals surface area contributed by atoms with Crippen LogP contribution in [0.4, 0.5) is 8.78 Å². The van der Waals surface area contributed by atoms with Crippen LogP contribution in [0.1, 0.15) is 5.69 Å². The van der Waals surface area contributed by atoms with Crippen molar-refractivity contribution in [2.45, 2.75) is 6.54 Å². The van der Waals surface area contributed by atoms with E-state index >= 15 is 0 Å². The fourth-order valence-corrected chi connectivity index (χ4v) is 2.42. The second-order valence-corrected chi connectivity index (χ2v) is 5.79. The Balaban J connectivity index is 0.00000300. The molecule has 0 bridgehead atoms. The lowest BCUT2D eigenvalue weighted by Gasteiger charge is -2.12. The summed E-state index contributed by atoms with van der Waals surface area (Å²) in [6.45, 7) is 0.986. The zero-order chi connectivity index (χ0) is 19.8. The van der Waals surface area contributed by atoms with E-state index in [4.69, 9.17) is 9.15 Å². The van der Waals surface area contributed by atoms with Gasteiger partial charge in [0.15, 0.2) is 17.5 Å². The molecular weight excluding hydrogens is 493 g/mol. The molecule has 0 radical (unpaired) electrons. The zero-order valence-corrected chi connectivity index (χ0v) is 18.0. The molecule has 1 aromatic heterocycles. The van der Waals surface area contributed by atoms with Crippen molar-refractivity contribution in [1.29, 1.82) is 0 Å². The molecule has 2 aromatic carbocycles. The fraction of sp³-hybridized carbons (Fsp3) is 0.200. The third-order valence-corrected chi connectivity index (χ3v) is 3.78. The maximum absolute atomic E-state index is 13.5. The molecular formula is C20H21F2IN4O2. The van der Waals surface area contributed by atoms with Gasteiger partial charge in [-0.3, -0.25) is 4.99 Å². The lowest BCUT2D eigenvalue weighted by Crippen LogP contribution is -2.39. The normalized spacial score (nSPS) is 10.9. The van der Waals surface area contributed by atoms with Crippen molar-refractivity contribution < 1.29 is 17.9 Å². The van der Waals surface area contributed by atoms with Gasteiger partial charge in [0.25, 0.3) is 0 Å². The maximum atomic E-state index is 13.5. The molecule has 0 atom stereocenters. The summed E-state index contributed by atoms with van der Waals surface area (Å²) in [6.07, 6.45) is 1.59. The summed E-state index contributed by atoms with van der Waals surface area (Å²) < 4.78 is 37.1. The predicted molar refractivity (Wildman–Crippen MR) is 117 cm³/mol. The summed E-state index contributed by atoms with van der Waals surface area (Å²) in [6, 6.07) is 12.8. The van der Waals surface area contributed by atoms with E-state index in [1.165, 1.54) is 6.07 Å². The van der Waals surface area contributed by atoms with Crippen LogP contribution in [0.15, 0.2) is 64.2 Å². The van der Waals surface area contributed by atoms with Crippen LogP contribution in [0.25, 0.3) is 11.5 Å². The molecule has 6 nitrogen and oxygen atoms in total. The van der Waals surface area contributed by atoms with Crippen LogP contribution in [-0.4, -0.2) is 31.1 Å². The number of benzene rings is 2. The summed E-state index contributed by atoms with van der Waals surface area (Å²) in [4.78, 5) is 8.53. The number of halogens is 3. The van der Waals surface area contributed by atoms with Crippen LogP contribution in [-0.2, 0) is 6.54 Å². The smallest absolute Gasteiger partial charge is 0.226 e. The summed E-state index contributed by atoms with van der Waals surface area (Å²) in [7, 11) is 1.63. The van der Waals surface area contributed by atoms with Gasteiger partial charge in [-0.25, -0.2) is 13.8 Å². The van der Waals surface area contributed by atoms with E-state index in [1.807, 2.05) is 30.3 Å². The molecule has 0 spiro atoms. The number of hydrogen-bond donors (Lipinski definition) is 2. The second-order valence-electron chi connectivity index (χ2n) is 5.79. The van der Waals surface area contributed by atoms with Crippen LogP contribution < -0.4 is 15.4 Å².